The quantitative estimate of drug-likeness (QED) is 0.776. The summed E-state index contributed by atoms with van der Waals surface area (Å²) in [6.45, 7) is 0. The summed E-state index contributed by atoms with van der Waals surface area (Å²) in [6, 6.07) is 9.95. The Labute approximate surface area is 137 Å². The van der Waals surface area contributed by atoms with Crippen molar-refractivity contribution in [3.05, 3.63) is 59.5 Å². The number of aromatic amines is 1. The van der Waals surface area contributed by atoms with Gasteiger partial charge in [-0.3, -0.25) is 9.59 Å². The van der Waals surface area contributed by atoms with E-state index in [9.17, 15) is 14.0 Å². The highest BCUT2D eigenvalue weighted by Crippen LogP contribution is 2.29. The molecule has 0 unspecified atom stereocenters. The summed E-state index contributed by atoms with van der Waals surface area (Å²) in [5.74, 6) is -1.20. The van der Waals surface area contributed by atoms with Crippen LogP contribution in [0.5, 0.6) is 0 Å². The molecule has 0 aliphatic rings. The smallest absolute Gasteiger partial charge is 0.253 e. The second-order valence-corrected chi connectivity index (χ2v) is 5.72. The Morgan fingerprint density at radius 2 is 1.75 bits per heavy atom. The molecular weight excluding hydrogens is 309 g/mol. The summed E-state index contributed by atoms with van der Waals surface area (Å²) >= 11 is 0. The lowest BCUT2D eigenvalue weighted by atomic mass is 10.0. The SMILES string of the molecule is CN(C)C(=O)c1ccc(-c2cc(F)c3[nH]cc(C(N)=O)c3c2)cc1. The fraction of sp³-hybridized carbons (Fsp3) is 0.111. The first-order valence-corrected chi connectivity index (χ1v) is 7.31. The number of aromatic nitrogens is 1. The van der Waals surface area contributed by atoms with Gasteiger partial charge in [0, 0.05) is 31.2 Å². The largest absolute Gasteiger partial charge is 0.366 e. The lowest BCUT2D eigenvalue weighted by Gasteiger charge is -2.11. The van der Waals surface area contributed by atoms with E-state index >= 15 is 0 Å². The molecular formula is C18H16FN3O2. The van der Waals surface area contributed by atoms with Gasteiger partial charge in [0.05, 0.1) is 11.1 Å². The van der Waals surface area contributed by atoms with E-state index in [4.69, 9.17) is 5.73 Å². The van der Waals surface area contributed by atoms with Crippen LogP contribution in [0.25, 0.3) is 22.0 Å². The molecule has 1 heterocycles. The number of amides is 2. The van der Waals surface area contributed by atoms with Gasteiger partial charge < -0.3 is 15.6 Å². The predicted octanol–water partition coefficient (Wildman–Crippen LogP) is 2.77. The van der Waals surface area contributed by atoms with Crippen molar-refractivity contribution in [3.8, 4) is 11.1 Å². The molecule has 0 saturated carbocycles. The molecule has 0 spiro atoms. The molecule has 2 amide bonds. The maximum absolute atomic E-state index is 14.3. The van der Waals surface area contributed by atoms with Crippen LogP contribution < -0.4 is 5.73 Å². The van der Waals surface area contributed by atoms with Crippen LogP contribution in [0, 0.1) is 5.82 Å². The van der Waals surface area contributed by atoms with Crippen LogP contribution in [0.3, 0.4) is 0 Å². The van der Waals surface area contributed by atoms with E-state index in [1.807, 2.05) is 0 Å². The third-order valence-electron chi connectivity index (χ3n) is 3.88. The zero-order valence-corrected chi connectivity index (χ0v) is 13.3. The third kappa shape index (κ3) is 2.62. The van der Waals surface area contributed by atoms with Crippen molar-refractivity contribution in [2.45, 2.75) is 0 Å². The molecule has 2 aromatic carbocycles. The van der Waals surface area contributed by atoms with Gasteiger partial charge in [0.25, 0.3) is 11.8 Å². The first-order valence-electron chi connectivity index (χ1n) is 7.31. The first kappa shape index (κ1) is 15.7. The van der Waals surface area contributed by atoms with Crippen LogP contribution in [-0.4, -0.2) is 35.8 Å². The number of nitrogens with one attached hydrogen (secondary N) is 1. The molecule has 3 N–H and O–H groups in total. The van der Waals surface area contributed by atoms with Crippen molar-refractivity contribution < 1.29 is 14.0 Å². The minimum Gasteiger partial charge on any atom is -0.366 e. The van der Waals surface area contributed by atoms with Gasteiger partial charge in [-0.15, -0.1) is 0 Å². The van der Waals surface area contributed by atoms with Gasteiger partial charge in [0.1, 0.15) is 5.82 Å². The predicted molar refractivity (Wildman–Crippen MR) is 90.2 cm³/mol. The molecule has 122 valence electrons. The van der Waals surface area contributed by atoms with E-state index < -0.39 is 11.7 Å². The van der Waals surface area contributed by atoms with Gasteiger partial charge in [-0.2, -0.15) is 0 Å². The molecule has 0 bridgehead atoms. The van der Waals surface area contributed by atoms with Crippen molar-refractivity contribution in [3.63, 3.8) is 0 Å². The summed E-state index contributed by atoms with van der Waals surface area (Å²) in [6.07, 6.45) is 1.40. The van der Waals surface area contributed by atoms with Crippen molar-refractivity contribution in [2.75, 3.05) is 14.1 Å². The van der Waals surface area contributed by atoms with Crippen LogP contribution in [0.2, 0.25) is 0 Å². The van der Waals surface area contributed by atoms with Crippen LogP contribution in [0.15, 0.2) is 42.6 Å². The molecule has 0 fully saturated rings. The molecule has 24 heavy (non-hydrogen) atoms. The first-order chi connectivity index (χ1) is 11.4. The fourth-order valence-electron chi connectivity index (χ4n) is 2.62. The van der Waals surface area contributed by atoms with E-state index in [2.05, 4.69) is 4.98 Å². The highest BCUT2D eigenvalue weighted by atomic mass is 19.1. The lowest BCUT2D eigenvalue weighted by Crippen LogP contribution is -2.21. The number of hydrogen-bond acceptors (Lipinski definition) is 2. The van der Waals surface area contributed by atoms with Crippen molar-refractivity contribution in [2.24, 2.45) is 5.73 Å². The molecule has 1 aromatic heterocycles. The lowest BCUT2D eigenvalue weighted by molar-refractivity contribution is 0.0827. The zero-order valence-electron chi connectivity index (χ0n) is 13.3. The number of fused-ring (bicyclic) bond motifs is 1. The Balaban J connectivity index is 2.07. The molecule has 0 saturated heterocycles. The third-order valence-corrected chi connectivity index (χ3v) is 3.88. The number of H-pyrrole nitrogens is 1. The average molecular weight is 325 g/mol. The highest BCUT2D eigenvalue weighted by Gasteiger charge is 2.14. The Hall–Kier alpha value is -3.15. The molecule has 0 aliphatic carbocycles. The Kier molecular flexibility index (Phi) is 3.81. The Morgan fingerprint density at radius 3 is 2.33 bits per heavy atom. The van der Waals surface area contributed by atoms with Crippen molar-refractivity contribution in [1.29, 1.82) is 0 Å². The molecule has 6 heteroatoms. The standard InChI is InChI=1S/C18H16FN3O2/c1-22(2)18(24)11-5-3-10(4-6-11)12-7-13-14(17(20)23)9-21-16(13)15(19)8-12/h3-9,21H,1-2H3,(H2,20,23). The molecule has 0 atom stereocenters. The minimum atomic E-state index is -0.621. The fourth-order valence-corrected chi connectivity index (χ4v) is 2.62. The summed E-state index contributed by atoms with van der Waals surface area (Å²) in [5.41, 5.74) is 7.69. The number of primary amides is 1. The second kappa shape index (κ2) is 5.81. The van der Waals surface area contributed by atoms with Gasteiger partial charge >= 0.3 is 0 Å². The second-order valence-electron chi connectivity index (χ2n) is 5.72. The minimum absolute atomic E-state index is 0.107. The maximum atomic E-state index is 14.3. The van der Waals surface area contributed by atoms with Gasteiger partial charge in [-0.05, 0) is 35.4 Å². The summed E-state index contributed by atoms with van der Waals surface area (Å²) in [5, 5.41) is 0.436. The van der Waals surface area contributed by atoms with E-state index in [0.29, 0.717) is 16.5 Å². The van der Waals surface area contributed by atoms with Gasteiger partial charge in [-0.25, -0.2) is 4.39 Å². The van der Waals surface area contributed by atoms with E-state index in [0.717, 1.165) is 5.56 Å². The number of nitrogens with zero attached hydrogens (tertiary/aromatic N) is 1. The monoisotopic (exact) mass is 325 g/mol. The number of carbonyl (C=O) groups excluding carboxylic acids is 2. The Bertz CT molecular complexity index is 943. The van der Waals surface area contributed by atoms with Gasteiger partial charge in [0.2, 0.25) is 0 Å². The van der Waals surface area contributed by atoms with Crippen molar-refractivity contribution >= 4 is 22.7 Å². The van der Waals surface area contributed by atoms with E-state index in [1.54, 1.807) is 44.4 Å². The number of carbonyl (C=O) groups is 2. The topological polar surface area (TPSA) is 79.2 Å². The summed E-state index contributed by atoms with van der Waals surface area (Å²) < 4.78 is 14.3. The van der Waals surface area contributed by atoms with Crippen molar-refractivity contribution in [1.82, 2.24) is 9.88 Å². The summed E-state index contributed by atoms with van der Waals surface area (Å²) in [7, 11) is 3.35. The van der Waals surface area contributed by atoms with E-state index in [1.165, 1.54) is 17.2 Å². The van der Waals surface area contributed by atoms with Crippen LogP contribution in [0.4, 0.5) is 4.39 Å². The molecule has 0 radical (unpaired) electrons. The molecule has 3 aromatic rings. The molecule has 5 nitrogen and oxygen atoms in total. The van der Waals surface area contributed by atoms with Crippen LogP contribution in [-0.2, 0) is 0 Å². The summed E-state index contributed by atoms with van der Waals surface area (Å²) in [4.78, 5) is 27.6. The van der Waals surface area contributed by atoms with Gasteiger partial charge in [0.15, 0.2) is 0 Å². The van der Waals surface area contributed by atoms with E-state index in [-0.39, 0.29) is 17.0 Å². The van der Waals surface area contributed by atoms with Gasteiger partial charge in [-0.1, -0.05) is 12.1 Å². The number of hydrogen-bond donors (Lipinski definition) is 2. The number of nitrogens with two attached hydrogens (primary N) is 1. The number of rotatable bonds is 3. The molecule has 0 aliphatic heterocycles. The normalized spacial score (nSPS) is 10.8. The zero-order chi connectivity index (χ0) is 17.4. The average Bonchev–Trinajstić information content (AvgIpc) is 2.99. The number of benzene rings is 2. The highest BCUT2D eigenvalue weighted by molar-refractivity contribution is 6.07. The Morgan fingerprint density at radius 1 is 1.08 bits per heavy atom. The van der Waals surface area contributed by atoms with Crippen LogP contribution in [0.1, 0.15) is 20.7 Å². The van der Waals surface area contributed by atoms with Crippen LogP contribution >= 0.6 is 0 Å². The maximum Gasteiger partial charge on any atom is 0.253 e. The molecule has 3 rings (SSSR count). The number of halogens is 1.